The topological polar surface area (TPSA) is 88.7 Å². The molecule has 0 saturated heterocycles. The number of thiocarbonyl (C=S) groups is 1. The predicted molar refractivity (Wildman–Crippen MR) is 143 cm³/mol. The van der Waals surface area contributed by atoms with E-state index in [2.05, 4.69) is 16.2 Å². The van der Waals surface area contributed by atoms with Crippen LogP contribution in [-0.2, 0) is 11.2 Å². The Morgan fingerprint density at radius 1 is 0.722 bits per heavy atom. The van der Waals surface area contributed by atoms with E-state index in [1.54, 1.807) is 30.3 Å². The molecule has 3 N–H and O–H groups in total. The molecule has 0 radical (unpaired) electrons. The van der Waals surface area contributed by atoms with Crippen molar-refractivity contribution in [2.75, 3.05) is 13.2 Å². The Balaban J connectivity index is 1.24. The van der Waals surface area contributed by atoms with Crippen molar-refractivity contribution >= 4 is 39.9 Å². The minimum Gasteiger partial charge on any atom is -0.492 e. The molecule has 4 rings (SSSR count). The van der Waals surface area contributed by atoms with Gasteiger partial charge in [0.15, 0.2) is 11.7 Å². The van der Waals surface area contributed by atoms with Gasteiger partial charge in [0.1, 0.15) is 11.5 Å². The summed E-state index contributed by atoms with van der Waals surface area (Å²) in [5.41, 5.74) is 6.42. The number of para-hydroxylation sites is 1. The molecule has 4 aromatic carbocycles. The molecule has 0 aliphatic heterocycles. The van der Waals surface area contributed by atoms with E-state index in [1.165, 1.54) is 0 Å². The van der Waals surface area contributed by atoms with Crippen molar-refractivity contribution in [3.63, 3.8) is 0 Å². The first-order chi connectivity index (χ1) is 17.6. The third-order valence-corrected chi connectivity index (χ3v) is 5.48. The molecular weight excluding hydrogens is 474 g/mol. The number of nitrogens with one attached hydrogen (secondary N) is 3. The Kier molecular flexibility index (Phi) is 8.45. The summed E-state index contributed by atoms with van der Waals surface area (Å²) in [6.45, 7) is 0.194. The number of benzene rings is 4. The van der Waals surface area contributed by atoms with E-state index in [1.807, 2.05) is 66.7 Å². The van der Waals surface area contributed by atoms with Crippen molar-refractivity contribution in [2.45, 2.75) is 6.42 Å². The summed E-state index contributed by atoms with van der Waals surface area (Å²) < 4.78 is 11.5. The van der Waals surface area contributed by atoms with Crippen molar-refractivity contribution in [1.82, 2.24) is 16.2 Å². The van der Waals surface area contributed by atoms with Crippen LogP contribution in [-0.4, -0.2) is 30.1 Å². The van der Waals surface area contributed by atoms with Crippen LogP contribution in [0.1, 0.15) is 15.9 Å². The van der Waals surface area contributed by atoms with Crippen molar-refractivity contribution in [3.8, 4) is 11.5 Å². The molecule has 7 nitrogen and oxygen atoms in total. The van der Waals surface area contributed by atoms with Crippen molar-refractivity contribution < 1.29 is 19.1 Å². The molecular formula is C28H25N3O4S. The molecule has 0 bridgehead atoms. The van der Waals surface area contributed by atoms with Gasteiger partial charge >= 0.3 is 0 Å². The van der Waals surface area contributed by atoms with Gasteiger partial charge in [-0.3, -0.25) is 25.8 Å². The molecule has 0 aromatic heterocycles. The van der Waals surface area contributed by atoms with Crippen LogP contribution in [0, 0.1) is 0 Å². The number of ether oxygens (including phenoxy) is 2. The van der Waals surface area contributed by atoms with Crippen LogP contribution in [0.25, 0.3) is 10.8 Å². The zero-order valence-electron chi connectivity index (χ0n) is 19.4. The molecule has 2 amide bonds. The quantitative estimate of drug-likeness (QED) is 0.249. The van der Waals surface area contributed by atoms with Gasteiger partial charge in [0.2, 0.25) is 0 Å². The molecule has 0 unspecified atom stereocenters. The standard InChI is InChI=1S/C28H25N3O4S/c32-26(19-35-24-16-8-12-21-11-4-5-13-22(21)24)30-31-28(36)29-27(33)23-14-6-7-15-25(23)34-18-17-20-9-2-1-3-10-20/h1-16H,17-19H2,(H,30,32)(H2,29,31,33,36). The third-order valence-electron chi connectivity index (χ3n) is 5.27. The van der Waals surface area contributed by atoms with Gasteiger partial charge in [0.05, 0.1) is 12.2 Å². The highest BCUT2D eigenvalue weighted by molar-refractivity contribution is 7.80. The summed E-state index contributed by atoms with van der Waals surface area (Å²) in [5, 5.41) is 4.41. The van der Waals surface area contributed by atoms with Crippen LogP contribution in [0.4, 0.5) is 0 Å². The molecule has 0 aliphatic carbocycles. The van der Waals surface area contributed by atoms with E-state index >= 15 is 0 Å². The number of carbonyl (C=O) groups excluding carboxylic acids is 2. The molecule has 0 saturated carbocycles. The van der Waals surface area contributed by atoms with E-state index in [0.717, 1.165) is 16.3 Å². The number of hydrazine groups is 1. The van der Waals surface area contributed by atoms with Crippen molar-refractivity contribution in [3.05, 3.63) is 108 Å². The van der Waals surface area contributed by atoms with E-state index in [-0.39, 0.29) is 11.7 Å². The Morgan fingerprint density at radius 3 is 2.28 bits per heavy atom. The smallest absolute Gasteiger partial charge is 0.276 e. The van der Waals surface area contributed by atoms with Gasteiger partial charge in [-0.25, -0.2) is 0 Å². The Morgan fingerprint density at radius 2 is 1.42 bits per heavy atom. The lowest BCUT2D eigenvalue weighted by Gasteiger charge is -2.14. The summed E-state index contributed by atoms with van der Waals surface area (Å²) in [6, 6.07) is 30.2. The first-order valence-electron chi connectivity index (χ1n) is 11.4. The van der Waals surface area contributed by atoms with Crippen LogP contribution in [0.3, 0.4) is 0 Å². The third kappa shape index (κ3) is 6.80. The lowest BCUT2D eigenvalue weighted by molar-refractivity contribution is -0.123. The maximum Gasteiger partial charge on any atom is 0.276 e. The van der Waals surface area contributed by atoms with Crippen LogP contribution < -0.4 is 25.6 Å². The first kappa shape index (κ1) is 24.7. The number of hydrogen-bond donors (Lipinski definition) is 3. The highest BCUT2D eigenvalue weighted by atomic mass is 32.1. The average molecular weight is 500 g/mol. The predicted octanol–water partition coefficient (Wildman–Crippen LogP) is 4.18. The van der Waals surface area contributed by atoms with Gasteiger partial charge in [-0.1, -0.05) is 78.9 Å². The fourth-order valence-electron chi connectivity index (χ4n) is 3.53. The highest BCUT2D eigenvalue weighted by Crippen LogP contribution is 2.25. The van der Waals surface area contributed by atoms with Gasteiger partial charge in [0, 0.05) is 11.8 Å². The van der Waals surface area contributed by atoms with Gasteiger partial charge in [0.25, 0.3) is 11.8 Å². The molecule has 0 fully saturated rings. The zero-order valence-corrected chi connectivity index (χ0v) is 20.2. The van der Waals surface area contributed by atoms with E-state index in [9.17, 15) is 9.59 Å². The lowest BCUT2D eigenvalue weighted by Crippen LogP contribution is -2.49. The molecule has 182 valence electrons. The SMILES string of the molecule is O=C(COc1cccc2ccccc12)NNC(=S)NC(=O)c1ccccc1OCCc1ccccc1. The second kappa shape index (κ2) is 12.3. The number of carbonyl (C=O) groups is 2. The van der Waals surface area contributed by atoms with Crippen LogP contribution >= 0.6 is 12.2 Å². The summed E-state index contributed by atoms with van der Waals surface area (Å²) in [4.78, 5) is 24.9. The average Bonchev–Trinajstić information content (AvgIpc) is 2.91. The summed E-state index contributed by atoms with van der Waals surface area (Å²) in [7, 11) is 0. The second-order valence-corrected chi connectivity index (χ2v) is 8.21. The normalized spacial score (nSPS) is 10.3. The van der Waals surface area contributed by atoms with Gasteiger partial charge in [-0.05, 0) is 41.4 Å². The van der Waals surface area contributed by atoms with E-state index < -0.39 is 11.8 Å². The Hall–Kier alpha value is -4.43. The molecule has 36 heavy (non-hydrogen) atoms. The molecule has 0 atom stereocenters. The molecule has 8 heteroatoms. The first-order valence-corrected chi connectivity index (χ1v) is 11.8. The van der Waals surface area contributed by atoms with Gasteiger partial charge in [-0.2, -0.15) is 0 Å². The minimum absolute atomic E-state index is 0.0578. The molecule has 4 aromatic rings. The maximum absolute atomic E-state index is 12.7. The minimum atomic E-state index is -0.455. The largest absolute Gasteiger partial charge is 0.492 e. The Labute approximate surface area is 214 Å². The summed E-state index contributed by atoms with van der Waals surface area (Å²) >= 11 is 5.14. The zero-order chi connectivity index (χ0) is 25.2. The number of fused-ring (bicyclic) bond motifs is 1. The number of amides is 2. The molecule has 0 heterocycles. The maximum atomic E-state index is 12.7. The van der Waals surface area contributed by atoms with Crippen LogP contribution in [0.2, 0.25) is 0 Å². The van der Waals surface area contributed by atoms with Gasteiger partial charge in [-0.15, -0.1) is 0 Å². The summed E-state index contributed by atoms with van der Waals surface area (Å²) in [6.07, 6.45) is 0.712. The number of rotatable bonds is 8. The van der Waals surface area contributed by atoms with Crippen molar-refractivity contribution in [1.29, 1.82) is 0 Å². The molecule has 0 spiro atoms. The van der Waals surface area contributed by atoms with E-state index in [0.29, 0.717) is 30.1 Å². The monoisotopic (exact) mass is 499 g/mol. The number of hydrogen-bond acceptors (Lipinski definition) is 5. The fourth-order valence-corrected chi connectivity index (χ4v) is 3.68. The van der Waals surface area contributed by atoms with E-state index in [4.69, 9.17) is 21.7 Å². The lowest BCUT2D eigenvalue weighted by atomic mass is 10.1. The van der Waals surface area contributed by atoms with Crippen molar-refractivity contribution in [2.24, 2.45) is 0 Å². The fraction of sp³-hybridized carbons (Fsp3) is 0.107. The van der Waals surface area contributed by atoms with Crippen LogP contribution in [0.15, 0.2) is 97.1 Å². The Bertz CT molecular complexity index is 1360. The second-order valence-electron chi connectivity index (χ2n) is 7.80. The van der Waals surface area contributed by atoms with Crippen LogP contribution in [0.5, 0.6) is 11.5 Å². The highest BCUT2D eigenvalue weighted by Gasteiger charge is 2.14. The molecule has 0 aliphatic rings. The summed E-state index contributed by atoms with van der Waals surface area (Å²) in [5.74, 6) is 0.137. The van der Waals surface area contributed by atoms with Gasteiger partial charge < -0.3 is 9.47 Å².